The van der Waals surface area contributed by atoms with Crippen LogP contribution in [0.15, 0.2) is 72.8 Å². The number of benzene rings is 3. The number of hydrogen-bond acceptors (Lipinski definition) is 3. The molecule has 0 unspecified atom stereocenters. The number of carbonyl (C=O) groups is 1. The third-order valence-electron chi connectivity index (χ3n) is 4.88. The molecule has 3 aromatic carbocycles. The fourth-order valence-corrected chi connectivity index (χ4v) is 3.26. The summed E-state index contributed by atoms with van der Waals surface area (Å²) in [6, 6.07) is 23.2. The first-order valence-corrected chi connectivity index (χ1v) is 10.4. The molecular formula is C26H28O4. The predicted molar refractivity (Wildman–Crippen MR) is 118 cm³/mol. The van der Waals surface area contributed by atoms with Crippen LogP contribution >= 0.6 is 0 Å². The lowest BCUT2D eigenvalue weighted by Gasteiger charge is -2.17. The standard InChI is InChI=1S/C26H28O4/c1-2-3-6-15-22-16-23(26(27)28)25(30-19-21-13-9-5-10-14-21)24(17-22)29-18-20-11-7-4-8-12-20/h4-5,7-14,16-17H,2-3,6,15,18-19H2,1H3,(H,27,28). The second-order valence-corrected chi connectivity index (χ2v) is 7.28. The summed E-state index contributed by atoms with van der Waals surface area (Å²) >= 11 is 0. The lowest BCUT2D eigenvalue weighted by atomic mass is 10.0. The molecule has 0 heterocycles. The van der Waals surface area contributed by atoms with E-state index in [2.05, 4.69) is 6.92 Å². The number of rotatable bonds is 11. The van der Waals surface area contributed by atoms with Gasteiger partial charge in [-0.2, -0.15) is 0 Å². The normalized spacial score (nSPS) is 10.6. The quantitative estimate of drug-likeness (QED) is 0.382. The van der Waals surface area contributed by atoms with E-state index in [9.17, 15) is 9.90 Å². The van der Waals surface area contributed by atoms with Crippen LogP contribution in [0.4, 0.5) is 0 Å². The van der Waals surface area contributed by atoms with E-state index in [1.54, 1.807) is 6.07 Å². The first-order valence-electron chi connectivity index (χ1n) is 10.4. The Bertz CT molecular complexity index is 936. The van der Waals surface area contributed by atoms with Crippen molar-refractivity contribution in [3.05, 3.63) is 95.1 Å². The number of hydrogen-bond donors (Lipinski definition) is 1. The molecule has 3 rings (SSSR count). The molecular weight excluding hydrogens is 376 g/mol. The van der Waals surface area contributed by atoms with Gasteiger partial charge in [0.15, 0.2) is 11.5 Å². The Morgan fingerprint density at radius 3 is 1.97 bits per heavy atom. The van der Waals surface area contributed by atoms with Crippen LogP contribution in [0, 0.1) is 0 Å². The summed E-state index contributed by atoms with van der Waals surface area (Å²) in [4.78, 5) is 12.0. The Labute approximate surface area is 178 Å². The smallest absolute Gasteiger partial charge is 0.339 e. The molecule has 0 bridgehead atoms. The Hall–Kier alpha value is -3.27. The number of unbranched alkanes of at least 4 members (excludes halogenated alkanes) is 2. The zero-order chi connectivity index (χ0) is 21.2. The van der Waals surface area contributed by atoms with Crippen LogP contribution < -0.4 is 9.47 Å². The summed E-state index contributed by atoms with van der Waals surface area (Å²) in [6.45, 7) is 2.77. The molecule has 3 aromatic rings. The molecule has 0 aliphatic heterocycles. The van der Waals surface area contributed by atoms with E-state index in [4.69, 9.17) is 9.47 Å². The highest BCUT2D eigenvalue weighted by Gasteiger charge is 2.19. The average Bonchev–Trinajstić information content (AvgIpc) is 2.78. The minimum Gasteiger partial charge on any atom is -0.485 e. The van der Waals surface area contributed by atoms with Crippen molar-refractivity contribution in [1.29, 1.82) is 0 Å². The van der Waals surface area contributed by atoms with Crippen molar-refractivity contribution in [3.8, 4) is 11.5 Å². The molecule has 0 aliphatic rings. The predicted octanol–water partition coefficient (Wildman–Crippen LogP) is 6.28. The lowest BCUT2D eigenvalue weighted by Crippen LogP contribution is -2.08. The van der Waals surface area contributed by atoms with E-state index in [1.807, 2.05) is 66.7 Å². The van der Waals surface area contributed by atoms with Gasteiger partial charge in [0, 0.05) is 0 Å². The van der Waals surface area contributed by atoms with E-state index in [-0.39, 0.29) is 17.9 Å². The van der Waals surface area contributed by atoms with Gasteiger partial charge in [-0.05, 0) is 41.7 Å². The number of aryl methyl sites for hydroxylation is 1. The second-order valence-electron chi connectivity index (χ2n) is 7.28. The van der Waals surface area contributed by atoms with Crippen molar-refractivity contribution in [3.63, 3.8) is 0 Å². The van der Waals surface area contributed by atoms with Gasteiger partial charge in [-0.3, -0.25) is 0 Å². The third kappa shape index (κ3) is 6.11. The molecule has 0 radical (unpaired) electrons. The van der Waals surface area contributed by atoms with Crippen LogP contribution in [-0.4, -0.2) is 11.1 Å². The Morgan fingerprint density at radius 1 is 0.800 bits per heavy atom. The molecule has 0 amide bonds. The summed E-state index contributed by atoms with van der Waals surface area (Å²) in [5, 5.41) is 9.83. The zero-order valence-corrected chi connectivity index (χ0v) is 17.3. The molecule has 156 valence electrons. The maximum Gasteiger partial charge on any atom is 0.339 e. The van der Waals surface area contributed by atoms with Gasteiger partial charge in [0.1, 0.15) is 18.8 Å². The average molecular weight is 405 g/mol. The zero-order valence-electron chi connectivity index (χ0n) is 17.3. The monoisotopic (exact) mass is 404 g/mol. The van der Waals surface area contributed by atoms with E-state index < -0.39 is 5.97 Å². The Balaban J connectivity index is 1.89. The Kier molecular flexibility index (Phi) is 7.90. The highest BCUT2D eigenvalue weighted by atomic mass is 16.5. The van der Waals surface area contributed by atoms with Crippen molar-refractivity contribution in [2.75, 3.05) is 0 Å². The third-order valence-corrected chi connectivity index (χ3v) is 4.88. The van der Waals surface area contributed by atoms with Crippen LogP contribution in [0.2, 0.25) is 0 Å². The topological polar surface area (TPSA) is 55.8 Å². The summed E-state index contributed by atoms with van der Waals surface area (Å²) in [5.74, 6) is -0.261. The largest absolute Gasteiger partial charge is 0.485 e. The summed E-state index contributed by atoms with van der Waals surface area (Å²) in [7, 11) is 0. The van der Waals surface area contributed by atoms with Crippen LogP contribution in [0.5, 0.6) is 11.5 Å². The molecule has 30 heavy (non-hydrogen) atoms. The van der Waals surface area contributed by atoms with Gasteiger partial charge in [-0.1, -0.05) is 80.4 Å². The van der Waals surface area contributed by atoms with Crippen LogP contribution in [-0.2, 0) is 19.6 Å². The SMILES string of the molecule is CCCCCc1cc(OCc2ccccc2)c(OCc2ccccc2)c(C(=O)O)c1. The molecule has 1 N–H and O–H groups in total. The van der Waals surface area contributed by atoms with Crippen LogP contribution in [0.1, 0.15) is 53.2 Å². The number of aromatic carboxylic acids is 1. The Morgan fingerprint density at radius 2 is 1.40 bits per heavy atom. The maximum absolute atomic E-state index is 12.0. The maximum atomic E-state index is 12.0. The van der Waals surface area contributed by atoms with Gasteiger partial charge in [0.05, 0.1) is 0 Å². The van der Waals surface area contributed by atoms with Crippen molar-refractivity contribution in [2.45, 2.75) is 45.8 Å². The highest BCUT2D eigenvalue weighted by molar-refractivity contribution is 5.92. The van der Waals surface area contributed by atoms with Gasteiger partial charge in [-0.25, -0.2) is 4.79 Å². The van der Waals surface area contributed by atoms with Gasteiger partial charge >= 0.3 is 5.97 Å². The van der Waals surface area contributed by atoms with Crippen LogP contribution in [0.3, 0.4) is 0 Å². The molecule has 0 atom stereocenters. The number of carboxylic acids is 1. The molecule has 0 saturated heterocycles. The summed E-state index contributed by atoms with van der Waals surface area (Å²) < 4.78 is 12.0. The first-order chi connectivity index (χ1) is 14.7. The molecule has 0 aliphatic carbocycles. The molecule has 4 nitrogen and oxygen atoms in total. The minimum absolute atomic E-state index is 0.142. The van der Waals surface area contributed by atoms with Crippen molar-refractivity contribution in [2.24, 2.45) is 0 Å². The number of carboxylic acid groups (broad SMARTS) is 1. The number of ether oxygens (including phenoxy) is 2. The van der Waals surface area contributed by atoms with Gasteiger partial charge in [0.25, 0.3) is 0 Å². The summed E-state index contributed by atoms with van der Waals surface area (Å²) in [6.07, 6.45) is 4.04. The van der Waals surface area contributed by atoms with E-state index in [1.165, 1.54) is 0 Å². The van der Waals surface area contributed by atoms with Crippen molar-refractivity contribution < 1.29 is 19.4 Å². The minimum atomic E-state index is -1.01. The van der Waals surface area contributed by atoms with Crippen molar-refractivity contribution in [1.82, 2.24) is 0 Å². The van der Waals surface area contributed by atoms with E-state index >= 15 is 0 Å². The lowest BCUT2D eigenvalue weighted by molar-refractivity contribution is 0.0690. The second kappa shape index (κ2) is 11.1. The van der Waals surface area contributed by atoms with E-state index in [0.29, 0.717) is 12.4 Å². The van der Waals surface area contributed by atoms with E-state index in [0.717, 1.165) is 42.4 Å². The summed E-state index contributed by atoms with van der Waals surface area (Å²) in [5.41, 5.74) is 3.08. The molecule has 4 heteroatoms. The first kappa shape index (κ1) is 21.4. The fraction of sp³-hybridized carbons (Fsp3) is 0.269. The van der Waals surface area contributed by atoms with Crippen molar-refractivity contribution >= 4 is 5.97 Å². The highest BCUT2D eigenvalue weighted by Crippen LogP contribution is 2.35. The molecule has 0 spiro atoms. The molecule has 0 fully saturated rings. The fourth-order valence-electron chi connectivity index (χ4n) is 3.26. The van der Waals surface area contributed by atoms with Crippen LogP contribution in [0.25, 0.3) is 0 Å². The molecule has 0 saturated carbocycles. The van der Waals surface area contributed by atoms with Gasteiger partial charge < -0.3 is 14.6 Å². The van der Waals surface area contributed by atoms with Gasteiger partial charge in [0.2, 0.25) is 0 Å². The van der Waals surface area contributed by atoms with Gasteiger partial charge in [-0.15, -0.1) is 0 Å². The molecule has 0 aromatic heterocycles.